The molecule has 2 aromatic rings. The fourth-order valence-electron chi connectivity index (χ4n) is 4.43. The van der Waals surface area contributed by atoms with E-state index in [1.54, 1.807) is 12.3 Å². The van der Waals surface area contributed by atoms with Gasteiger partial charge < -0.3 is 25.5 Å². The predicted octanol–water partition coefficient (Wildman–Crippen LogP) is 3.06. The van der Waals surface area contributed by atoms with E-state index in [9.17, 15) is 10.4 Å². The number of pyridine rings is 1. The SMILES string of the molecule is CC1COCCN1c1cc(C2(O)CCC(C)(C#N)CC2)c(C=N)c(Nc2ccn[nH]2)n1. The molecular formula is C22H29N7O2. The van der Waals surface area contributed by atoms with E-state index < -0.39 is 11.0 Å². The number of aromatic amines is 1. The van der Waals surface area contributed by atoms with Gasteiger partial charge in [-0.15, -0.1) is 0 Å². The Kier molecular flexibility index (Phi) is 5.69. The maximum Gasteiger partial charge on any atom is 0.143 e. The van der Waals surface area contributed by atoms with Crippen LogP contribution in [0.5, 0.6) is 0 Å². The van der Waals surface area contributed by atoms with Crippen LogP contribution in [0.25, 0.3) is 0 Å². The van der Waals surface area contributed by atoms with Crippen molar-refractivity contribution in [1.29, 1.82) is 10.7 Å². The molecule has 2 fully saturated rings. The summed E-state index contributed by atoms with van der Waals surface area (Å²) in [5.74, 6) is 1.88. The highest BCUT2D eigenvalue weighted by molar-refractivity contribution is 5.89. The molecule has 2 aliphatic rings. The monoisotopic (exact) mass is 423 g/mol. The summed E-state index contributed by atoms with van der Waals surface area (Å²) in [5, 5.41) is 39.4. The first-order valence-corrected chi connectivity index (χ1v) is 10.7. The molecule has 1 saturated heterocycles. The molecule has 3 heterocycles. The maximum absolute atomic E-state index is 11.7. The number of ether oxygens (including phenoxy) is 1. The third-order valence-electron chi connectivity index (χ3n) is 6.56. The molecule has 9 nitrogen and oxygen atoms in total. The first kappa shape index (κ1) is 21.3. The molecule has 1 aliphatic heterocycles. The molecule has 1 saturated carbocycles. The lowest BCUT2D eigenvalue weighted by Gasteiger charge is -2.41. The van der Waals surface area contributed by atoms with Gasteiger partial charge in [0.1, 0.15) is 17.5 Å². The van der Waals surface area contributed by atoms with Crippen molar-refractivity contribution in [1.82, 2.24) is 15.2 Å². The summed E-state index contributed by atoms with van der Waals surface area (Å²) in [6.45, 7) is 5.95. The highest BCUT2D eigenvalue weighted by Crippen LogP contribution is 2.47. The molecule has 0 spiro atoms. The van der Waals surface area contributed by atoms with Crippen LogP contribution in [0, 0.1) is 22.2 Å². The molecule has 0 bridgehead atoms. The fourth-order valence-corrected chi connectivity index (χ4v) is 4.43. The molecule has 1 atom stereocenters. The van der Waals surface area contributed by atoms with Gasteiger partial charge in [-0.05, 0) is 51.2 Å². The first-order chi connectivity index (χ1) is 14.9. The number of hydrogen-bond donors (Lipinski definition) is 4. The first-order valence-electron chi connectivity index (χ1n) is 10.7. The number of rotatable bonds is 5. The highest BCUT2D eigenvalue weighted by atomic mass is 16.5. The lowest BCUT2D eigenvalue weighted by Crippen LogP contribution is -2.44. The van der Waals surface area contributed by atoms with Gasteiger partial charge in [0.25, 0.3) is 0 Å². The minimum atomic E-state index is -1.12. The zero-order valence-electron chi connectivity index (χ0n) is 18.0. The lowest BCUT2D eigenvalue weighted by atomic mass is 9.68. The van der Waals surface area contributed by atoms with Crippen molar-refractivity contribution in [2.45, 2.75) is 51.2 Å². The summed E-state index contributed by atoms with van der Waals surface area (Å²) in [7, 11) is 0. The summed E-state index contributed by atoms with van der Waals surface area (Å²) in [6, 6.07) is 6.23. The Morgan fingerprint density at radius 2 is 2.19 bits per heavy atom. The van der Waals surface area contributed by atoms with Gasteiger partial charge in [-0.25, -0.2) is 4.98 Å². The predicted molar refractivity (Wildman–Crippen MR) is 118 cm³/mol. The molecule has 2 aromatic heterocycles. The van der Waals surface area contributed by atoms with Crippen molar-refractivity contribution < 1.29 is 9.84 Å². The topological polar surface area (TPSA) is 134 Å². The number of aromatic nitrogens is 3. The zero-order valence-corrected chi connectivity index (χ0v) is 18.0. The van der Waals surface area contributed by atoms with Crippen LogP contribution < -0.4 is 10.2 Å². The average Bonchev–Trinajstić information content (AvgIpc) is 3.29. The Labute approximate surface area is 181 Å². The Bertz CT molecular complexity index is 974. The molecule has 1 aliphatic carbocycles. The number of anilines is 3. The second-order valence-corrected chi connectivity index (χ2v) is 8.85. The normalized spacial score (nSPS) is 28.7. The van der Waals surface area contributed by atoms with Gasteiger partial charge >= 0.3 is 0 Å². The van der Waals surface area contributed by atoms with Crippen molar-refractivity contribution in [2.24, 2.45) is 5.41 Å². The third kappa shape index (κ3) is 4.13. The van der Waals surface area contributed by atoms with Crippen LogP contribution in [0.15, 0.2) is 18.3 Å². The maximum atomic E-state index is 11.7. The van der Waals surface area contributed by atoms with Crippen LogP contribution in [0.1, 0.15) is 50.7 Å². The molecule has 9 heteroatoms. The average molecular weight is 424 g/mol. The molecule has 31 heavy (non-hydrogen) atoms. The number of nitrogens with one attached hydrogen (secondary N) is 3. The largest absolute Gasteiger partial charge is 0.385 e. The molecule has 164 valence electrons. The van der Waals surface area contributed by atoms with Crippen molar-refractivity contribution in [3.63, 3.8) is 0 Å². The number of hydrogen-bond acceptors (Lipinski definition) is 8. The van der Waals surface area contributed by atoms with Gasteiger partial charge in [0.2, 0.25) is 0 Å². The van der Waals surface area contributed by atoms with E-state index in [-0.39, 0.29) is 6.04 Å². The molecule has 0 amide bonds. The lowest BCUT2D eigenvalue weighted by molar-refractivity contribution is -0.0232. The molecular weight excluding hydrogens is 394 g/mol. The summed E-state index contributed by atoms with van der Waals surface area (Å²) in [5.41, 5.74) is -0.334. The van der Waals surface area contributed by atoms with E-state index in [0.29, 0.717) is 68.2 Å². The quantitative estimate of drug-likeness (QED) is 0.543. The van der Waals surface area contributed by atoms with Crippen LogP contribution in [0.3, 0.4) is 0 Å². The second-order valence-electron chi connectivity index (χ2n) is 8.85. The van der Waals surface area contributed by atoms with Gasteiger partial charge in [0.15, 0.2) is 0 Å². The smallest absolute Gasteiger partial charge is 0.143 e. The summed E-state index contributed by atoms with van der Waals surface area (Å²) >= 11 is 0. The van der Waals surface area contributed by atoms with Gasteiger partial charge in [-0.1, -0.05) is 0 Å². The Morgan fingerprint density at radius 3 is 2.81 bits per heavy atom. The summed E-state index contributed by atoms with van der Waals surface area (Å²) in [6.07, 6.45) is 5.01. The summed E-state index contributed by atoms with van der Waals surface area (Å²) < 4.78 is 5.58. The van der Waals surface area contributed by atoms with Crippen LogP contribution in [0.2, 0.25) is 0 Å². The summed E-state index contributed by atoms with van der Waals surface area (Å²) in [4.78, 5) is 6.99. The number of nitrogens with zero attached hydrogens (tertiary/aromatic N) is 4. The molecule has 0 aromatic carbocycles. The molecule has 1 unspecified atom stereocenters. The van der Waals surface area contributed by atoms with E-state index >= 15 is 0 Å². The van der Waals surface area contributed by atoms with Gasteiger partial charge in [-0.3, -0.25) is 5.10 Å². The van der Waals surface area contributed by atoms with Crippen LogP contribution >= 0.6 is 0 Å². The van der Waals surface area contributed by atoms with Crippen LogP contribution in [-0.2, 0) is 10.3 Å². The number of nitriles is 1. The van der Waals surface area contributed by atoms with Gasteiger partial charge in [0, 0.05) is 24.4 Å². The van der Waals surface area contributed by atoms with E-state index in [0.717, 1.165) is 5.82 Å². The molecule has 4 rings (SSSR count). The van der Waals surface area contributed by atoms with E-state index in [1.165, 1.54) is 6.21 Å². The van der Waals surface area contributed by atoms with Crippen molar-refractivity contribution >= 4 is 23.7 Å². The van der Waals surface area contributed by atoms with E-state index in [2.05, 4.69) is 33.4 Å². The molecule has 4 N–H and O–H groups in total. The number of morpholine rings is 1. The third-order valence-corrected chi connectivity index (χ3v) is 6.56. The van der Waals surface area contributed by atoms with Crippen LogP contribution in [-0.4, -0.2) is 52.3 Å². The zero-order chi connectivity index (χ0) is 22.1. The van der Waals surface area contributed by atoms with Gasteiger partial charge in [-0.2, -0.15) is 10.4 Å². The second kappa shape index (κ2) is 8.29. The standard InChI is InChI=1S/C22H29N7O2/c1-15-13-31-10-9-29(15)19-11-17(22(30)6-4-21(2,14-24)5-7-22)16(12-23)20(27-19)26-18-3-8-25-28-18/h3,8,11-12,15,23,30H,4-7,9-10,13H2,1-2H3,(H2,25,26,27,28). The number of aliphatic hydroxyl groups is 1. The number of H-pyrrole nitrogens is 1. The van der Waals surface area contributed by atoms with Crippen molar-refractivity contribution in [3.8, 4) is 6.07 Å². The van der Waals surface area contributed by atoms with E-state index in [1.807, 2.05) is 13.0 Å². The highest BCUT2D eigenvalue weighted by Gasteiger charge is 2.42. The van der Waals surface area contributed by atoms with Crippen molar-refractivity contribution in [2.75, 3.05) is 30.0 Å². The minimum Gasteiger partial charge on any atom is -0.385 e. The Balaban J connectivity index is 1.79. The molecule has 0 radical (unpaired) electrons. The van der Waals surface area contributed by atoms with Crippen LogP contribution in [0.4, 0.5) is 17.5 Å². The fraction of sp³-hybridized carbons (Fsp3) is 0.545. The minimum absolute atomic E-state index is 0.141. The van der Waals surface area contributed by atoms with Gasteiger partial charge in [0.05, 0.1) is 42.5 Å². The Hall–Kier alpha value is -2.96. The Morgan fingerprint density at radius 1 is 1.42 bits per heavy atom. The van der Waals surface area contributed by atoms with E-state index in [4.69, 9.17) is 15.1 Å². The van der Waals surface area contributed by atoms with Crippen molar-refractivity contribution in [3.05, 3.63) is 29.5 Å².